The molecule has 12 heavy (non-hydrogen) atoms. The van der Waals surface area contributed by atoms with E-state index in [0.29, 0.717) is 6.79 Å². The molecular formula is C10H12O2. The topological polar surface area (TPSA) is 18.5 Å². The van der Waals surface area contributed by atoms with Crippen LogP contribution in [0.25, 0.3) is 0 Å². The molecule has 2 nitrogen and oxygen atoms in total. The number of hydrogen-bond acceptors (Lipinski definition) is 2. The highest BCUT2D eigenvalue weighted by Crippen LogP contribution is 2.23. The van der Waals surface area contributed by atoms with Crippen LogP contribution in [-0.2, 0) is 9.47 Å². The molecule has 0 aromatic heterocycles. The van der Waals surface area contributed by atoms with Gasteiger partial charge >= 0.3 is 0 Å². The van der Waals surface area contributed by atoms with Crippen LogP contribution >= 0.6 is 0 Å². The predicted octanol–water partition coefficient (Wildman–Crippen LogP) is 2.12. The lowest BCUT2D eigenvalue weighted by Gasteiger charge is -2.22. The Balaban J connectivity index is 2.08. The summed E-state index contributed by atoms with van der Waals surface area (Å²) in [6.45, 7) is 1.24. The van der Waals surface area contributed by atoms with E-state index in [1.54, 1.807) is 0 Å². The lowest BCUT2D eigenvalue weighted by atomic mass is 10.1. The normalized spacial score (nSPS) is 23.8. The molecule has 1 atom stereocenters. The predicted molar refractivity (Wildman–Crippen MR) is 45.7 cm³/mol. The van der Waals surface area contributed by atoms with Gasteiger partial charge in [0.05, 0.1) is 12.7 Å². The molecule has 1 aliphatic heterocycles. The first kappa shape index (κ1) is 7.77. The summed E-state index contributed by atoms with van der Waals surface area (Å²) in [7, 11) is 0. The summed E-state index contributed by atoms with van der Waals surface area (Å²) < 4.78 is 10.5. The van der Waals surface area contributed by atoms with Crippen molar-refractivity contribution in [3.8, 4) is 0 Å². The van der Waals surface area contributed by atoms with Crippen molar-refractivity contribution in [3.63, 3.8) is 0 Å². The highest BCUT2D eigenvalue weighted by atomic mass is 16.7. The van der Waals surface area contributed by atoms with Crippen molar-refractivity contribution in [1.82, 2.24) is 0 Å². The third-order valence-corrected chi connectivity index (χ3v) is 2.05. The molecule has 0 N–H and O–H groups in total. The minimum Gasteiger partial charge on any atom is -0.355 e. The van der Waals surface area contributed by atoms with Crippen LogP contribution in [0.4, 0.5) is 0 Å². The molecule has 2 heteroatoms. The Hall–Kier alpha value is -0.860. The van der Waals surface area contributed by atoms with Gasteiger partial charge in [0.1, 0.15) is 6.79 Å². The average molecular weight is 164 g/mol. The zero-order valence-corrected chi connectivity index (χ0v) is 6.90. The summed E-state index contributed by atoms with van der Waals surface area (Å²) in [4.78, 5) is 0. The van der Waals surface area contributed by atoms with Crippen LogP contribution in [0.15, 0.2) is 30.3 Å². The van der Waals surface area contributed by atoms with E-state index in [4.69, 9.17) is 9.47 Å². The molecule has 1 aromatic carbocycles. The minimum atomic E-state index is 0.236. The molecule has 0 radical (unpaired) electrons. The van der Waals surface area contributed by atoms with Gasteiger partial charge in [0.2, 0.25) is 0 Å². The van der Waals surface area contributed by atoms with Gasteiger partial charge in [-0.1, -0.05) is 30.3 Å². The smallest absolute Gasteiger partial charge is 0.147 e. The molecule has 1 aromatic rings. The molecule has 2 rings (SSSR count). The van der Waals surface area contributed by atoms with Gasteiger partial charge in [0, 0.05) is 6.42 Å². The van der Waals surface area contributed by atoms with E-state index in [1.165, 1.54) is 5.56 Å². The van der Waals surface area contributed by atoms with Gasteiger partial charge in [0.15, 0.2) is 0 Å². The number of hydrogen-bond donors (Lipinski definition) is 0. The molecule has 1 heterocycles. The van der Waals surface area contributed by atoms with Crippen LogP contribution < -0.4 is 0 Å². The van der Waals surface area contributed by atoms with Crippen LogP contribution in [0.5, 0.6) is 0 Å². The molecule has 1 fully saturated rings. The second kappa shape index (κ2) is 3.70. The summed E-state index contributed by atoms with van der Waals surface area (Å²) in [5, 5.41) is 0. The van der Waals surface area contributed by atoms with Crippen molar-refractivity contribution in [2.45, 2.75) is 12.5 Å². The Morgan fingerprint density at radius 2 is 2.00 bits per heavy atom. The van der Waals surface area contributed by atoms with Gasteiger partial charge in [0.25, 0.3) is 0 Å². The van der Waals surface area contributed by atoms with E-state index >= 15 is 0 Å². The maximum atomic E-state index is 5.44. The fourth-order valence-electron chi connectivity index (χ4n) is 1.39. The molecule has 0 bridgehead atoms. The standard InChI is InChI=1S/C10H12O2/c1-2-4-9(5-3-1)10-6-7-11-8-12-10/h1-5,10H,6-8H2. The van der Waals surface area contributed by atoms with E-state index in [0.717, 1.165) is 13.0 Å². The van der Waals surface area contributed by atoms with Crippen LogP contribution in [0.3, 0.4) is 0 Å². The van der Waals surface area contributed by atoms with Crippen molar-refractivity contribution in [1.29, 1.82) is 0 Å². The second-order valence-corrected chi connectivity index (χ2v) is 2.88. The molecule has 0 saturated carbocycles. The monoisotopic (exact) mass is 164 g/mol. The van der Waals surface area contributed by atoms with Crippen molar-refractivity contribution >= 4 is 0 Å². The van der Waals surface area contributed by atoms with E-state index in [2.05, 4.69) is 12.1 Å². The Bertz CT molecular complexity index is 227. The minimum absolute atomic E-state index is 0.236. The highest BCUT2D eigenvalue weighted by molar-refractivity contribution is 5.17. The molecule has 0 aliphatic carbocycles. The molecular weight excluding hydrogens is 152 g/mol. The Labute approximate surface area is 72.1 Å². The van der Waals surface area contributed by atoms with Crippen LogP contribution in [0.2, 0.25) is 0 Å². The van der Waals surface area contributed by atoms with Crippen molar-refractivity contribution < 1.29 is 9.47 Å². The summed E-state index contributed by atoms with van der Waals surface area (Å²) >= 11 is 0. The summed E-state index contributed by atoms with van der Waals surface area (Å²) in [6, 6.07) is 10.3. The first-order valence-corrected chi connectivity index (χ1v) is 4.21. The van der Waals surface area contributed by atoms with E-state index in [-0.39, 0.29) is 6.10 Å². The number of ether oxygens (including phenoxy) is 2. The Morgan fingerprint density at radius 3 is 2.67 bits per heavy atom. The van der Waals surface area contributed by atoms with Gasteiger partial charge in [-0.05, 0) is 5.56 Å². The van der Waals surface area contributed by atoms with Gasteiger partial charge in [-0.25, -0.2) is 0 Å². The summed E-state index contributed by atoms with van der Waals surface area (Å²) in [6.07, 6.45) is 1.20. The van der Waals surface area contributed by atoms with Crippen molar-refractivity contribution in [2.24, 2.45) is 0 Å². The molecule has 0 amide bonds. The Morgan fingerprint density at radius 1 is 1.17 bits per heavy atom. The number of benzene rings is 1. The third kappa shape index (κ3) is 1.65. The molecule has 1 unspecified atom stereocenters. The zero-order chi connectivity index (χ0) is 8.23. The number of rotatable bonds is 1. The van der Waals surface area contributed by atoms with E-state index in [9.17, 15) is 0 Å². The van der Waals surface area contributed by atoms with Gasteiger partial charge in [-0.3, -0.25) is 0 Å². The molecule has 1 saturated heterocycles. The Kier molecular flexibility index (Phi) is 2.39. The first-order chi connectivity index (χ1) is 5.97. The summed E-state index contributed by atoms with van der Waals surface area (Å²) in [5.74, 6) is 0. The maximum absolute atomic E-state index is 5.44. The van der Waals surface area contributed by atoms with Crippen LogP contribution in [0.1, 0.15) is 18.1 Å². The van der Waals surface area contributed by atoms with Crippen LogP contribution in [-0.4, -0.2) is 13.4 Å². The first-order valence-electron chi connectivity index (χ1n) is 4.21. The van der Waals surface area contributed by atoms with Gasteiger partial charge in [-0.15, -0.1) is 0 Å². The lowest BCUT2D eigenvalue weighted by Crippen LogP contribution is -2.16. The second-order valence-electron chi connectivity index (χ2n) is 2.88. The third-order valence-electron chi connectivity index (χ3n) is 2.05. The highest BCUT2D eigenvalue weighted by Gasteiger charge is 2.15. The largest absolute Gasteiger partial charge is 0.355 e. The lowest BCUT2D eigenvalue weighted by molar-refractivity contribution is -0.140. The molecule has 64 valence electrons. The van der Waals surface area contributed by atoms with Crippen LogP contribution in [0, 0.1) is 0 Å². The quantitative estimate of drug-likeness (QED) is 0.633. The van der Waals surface area contributed by atoms with E-state index < -0.39 is 0 Å². The average Bonchev–Trinajstić information content (AvgIpc) is 2.21. The zero-order valence-electron chi connectivity index (χ0n) is 6.90. The van der Waals surface area contributed by atoms with Gasteiger partial charge in [-0.2, -0.15) is 0 Å². The fourth-order valence-corrected chi connectivity index (χ4v) is 1.39. The van der Waals surface area contributed by atoms with Crippen molar-refractivity contribution in [3.05, 3.63) is 35.9 Å². The SMILES string of the molecule is c1ccc(C2CCOCO2)cc1. The maximum Gasteiger partial charge on any atom is 0.147 e. The summed E-state index contributed by atoms with van der Waals surface area (Å²) in [5.41, 5.74) is 1.25. The molecule has 0 spiro atoms. The van der Waals surface area contributed by atoms with Crippen molar-refractivity contribution in [2.75, 3.05) is 13.4 Å². The fraction of sp³-hybridized carbons (Fsp3) is 0.400. The van der Waals surface area contributed by atoms with E-state index in [1.807, 2.05) is 18.2 Å². The van der Waals surface area contributed by atoms with Gasteiger partial charge < -0.3 is 9.47 Å². The molecule has 1 aliphatic rings.